The van der Waals surface area contributed by atoms with Crippen LogP contribution in [0.3, 0.4) is 0 Å². The van der Waals surface area contributed by atoms with Crippen LogP contribution in [-0.4, -0.2) is 89.3 Å². The Hall–Kier alpha value is -2.47. The third kappa shape index (κ3) is 6.36. The van der Waals surface area contributed by atoms with E-state index in [0.717, 1.165) is 28.6 Å². The number of halogens is 6. The van der Waals surface area contributed by atoms with Crippen molar-refractivity contribution in [2.45, 2.75) is 72.2 Å². The van der Waals surface area contributed by atoms with Crippen molar-refractivity contribution in [2.24, 2.45) is 0 Å². The monoisotopic (exact) mass is 651 g/mol. The molecule has 1 aliphatic carbocycles. The van der Waals surface area contributed by atoms with E-state index in [9.17, 15) is 37.3 Å². The van der Waals surface area contributed by atoms with E-state index in [2.05, 4.69) is 20.3 Å². The molecule has 1 saturated carbocycles. The molecule has 5 rings (SSSR count). The molecule has 1 saturated heterocycles. The zero-order valence-corrected chi connectivity index (χ0v) is 24.0. The minimum absolute atomic E-state index is 0.0576. The van der Waals surface area contributed by atoms with Crippen molar-refractivity contribution in [3.63, 3.8) is 0 Å². The molecule has 0 bridgehead atoms. The Kier molecular flexibility index (Phi) is 9.28. The number of ether oxygens (including phenoxy) is 2. The van der Waals surface area contributed by atoms with Gasteiger partial charge in [0.2, 0.25) is 5.92 Å². The number of thioether (sulfide) groups is 1. The molecular formula is C26H27ClF5N5O5S. The van der Waals surface area contributed by atoms with Gasteiger partial charge in [0.15, 0.2) is 22.6 Å². The first-order chi connectivity index (χ1) is 20.4. The van der Waals surface area contributed by atoms with Crippen LogP contribution in [0, 0.1) is 17.5 Å². The Morgan fingerprint density at radius 3 is 2.40 bits per heavy atom. The summed E-state index contributed by atoms with van der Waals surface area (Å²) in [4.78, 5) is 8.29. The highest BCUT2D eigenvalue weighted by molar-refractivity contribution is 8.00. The van der Waals surface area contributed by atoms with Gasteiger partial charge in [-0.05, 0) is 25.0 Å². The first kappa shape index (κ1) is 31.9. The van der Waals surface area contributed by atoms with Crippen LogP contribution in [0.15, 0.2) is 30.7 Å². The van der Waals surface area contributed by atoms with E-state index >= 15 is 0 Å². The zero-order chi connectivity index (χ0) is 31.1. The molecule has 2 aliphatic rings. The van der Waals surface area contributed by atoms with Gasteiger partial charge in [0.05, 0.1) is 29.3 Å². The molecular weight excluding hydrogens is 625 g/mol. The summed E-state index contributed by atoms with van der Waals surface area (Å²) in [6, 6.07) is 0.354. The number of aliphatic hydroxyl groups excluding tert-OH is 2. The second kappa shape index (κ2) is 12.5. The van der Waals surface area contributed by atoms with Gasteiger partial charge in [-0.3, -0.25) is 4.98 Å². The summed E-state index contributed by atoms with van der Waals surface area (Å²) in [5.74, 6) is -7.48. The molecule has 10 nitrogen and oxygen atoms in total. The lowest BCUT2D eigenvalue weighted by atomic mass is 9.79. The summed E-state index contributed by atoms with van der Waals surface area (Å²) in [6.07, 6.45) is -1.56. The lowest BCUT2D eigenvalue weighted by molar-refractivity contribution is -0.186. The molecule has 3 N–H and O–H groups in total. The molecule has 2 fully saturated rings. The fourth-order valence-electron chi connectivity index (χ4n) is 5.38. The smallest absolute Gasteiger partial charge is 0.248 e. The molecule has 0 radical (unpaired) electrons. The highest BCUT2D eigenvalue weighted by Crippen LogP contribution is 2.53. The van der Waals surface area contributed by atoms with Crippen LogP contribution in [0.4, 0.5) is 22.0 Å². The Morgan fingerprint density at radius 2 is 1.79 bits per heavy atom. The van der Waals surface area contributed by atoms with Crippen molar-refractivity contribution < 1.29 is 46.7 Å². The zero-order valence-electron chi connectivity index (χ0n) is 22.5. The van der Waals surface area contributed by atoms with Gasteiger partial charge >= 0.3 is 0 Å². The third-order valence-electron chi connectivity index (χ3n) is 7.73. The first-order valence-electron chi connectivity index (χ1n) is 13.1. The number of benzene rings is 1. The molecule has 17 heteroatoms. The Morgan fingerprint density at radius 1 is 1.14 bits per heavy atom. The maximum absolute atomic E-state index is 14.1. The number of methoxy groups -OCH3 is 1. The fraction of sp³-hybridized carbons (Fsp3) is 0.538. The minimum Gasteiger partial charge on any atom is -0.394 e. The van der Waals surface area contributed by atoms with Gasteiger partial charge < -0.3 is 24.8 Å². The van der Waals surface area contributed by atoms with Gasteiger partial charge in [0.1, 0.15) is 35.5 Å². The van der Waals surface area contributed by atoms with E-state index in [4.69, 9.17) is 21.1 Å². The minimum atomic E-state index is -2.96. The lowest BCUT2D eigenvalue weighted by Crippen LogP contribution is -2.56. The summed E-state index contributed by atoms with van der Waals surface area (Å²) >= 11 is 7.29. The van der Waals surface area contributed by atoms with Crippen LogP contribution in [-0.2, 0) is 9.47 Å². The molecule has 6 atom stereocenters. The quantitative estimate of drug-likeness (QED) is 0.243. The molecule has 234 valence electrons. The standard InChI is InChI=1S/C26H27ClF5N5O5S/c1-41-21-19(37-10-15(35-36-37)12-8-13(28)17(30)14(29)9-12)20(39)16(11-38)42-24(21)43-22(18-23(27)34-7-6-33-18)25(40)2-4-26(31,32)5-3-25/h6-10,16,19-22,24,38-40H,2-5,11H2,1H3/t16-,19+,20+,21-,22+,24+/m1/s1. The van der Waals surface area contributed by atoms with Crippen molar-refractivity contribution in [3.05, 3.63) is 59.0 Å². The predicted molar refractivity (Wildman–Crippen MR) is 143 cm³/mol. The normalized spacial score (nSPS) is 27.6. The molecule has 1 aliphatic heterocycles. The molecule has 0 spiro atoms. The average molecular weight is 652 g/mol. The van der Waals surface area contributed by atoms with Crippen LogP contribution in [0.2, 0.25) is 5.15 Å². The van der Waals surface area contributed by atoms with Gasteiger partial charge in [-0.2, -0.15) is 0 Å². The van der Waals surface area contributed by atoms with Gasteiger partial charge in [-0.15, -0.1) is 16.9 Å². The van der Waals surface area contributed by atoms with Crippen molar-refractivity contribution in [2.75, 3.05) is 13.7 Å². The van der Waals surface area contributed by atoms with Crippen LogP contribution in [0.25, 0.3) is 11.3 Å². The number of nitrogens with zero attached hydrogens (tertiary/aromatic N) is 5. The highest BCUT2D eigenvalue weighted by Gasteiger charge is 2.53. The van der Waals surface area contributed by atoms with Gasteiger partial charge in [0.25, 0.3) is 0 Å². The molecule has 0 unspecified atom stereocenters. The number of alkyl halides is 2. The van der Waals surface area contributed by atoms with Crippen LogP contribution < -0.4 is 0 Å². The van der Waals surface area contributed by atoms with Crippen molar-refractivity contribution in [1.29, 1.82) is 0 Å². The number of rotatable bonds is 8. The molecule has 3 aromatic rings. The maximum atomic E-state index is 14.1. The second-order valence-electron chi connectivity index (χ2n) is 10.5. The molecule has 1 aromatic carbocycles. The number of hydrogen-bond donors (Lipinski definition) is 3. The van der Waals surface area contributed by atoms with Crippen molar-refractivity contribution in [3.8, 4) is 11.3 Å². The van der Waals surface area contributed by atoms with E-state index < -0.39 is 83.5 Å². The molecule has 0 amide bonds. The molecule has 43 heavy (non-hydrogen) atoms. The average Bonchev–Trinajstić information content (AvgIpc) is 3.46. The van der Waals surface area contributed by atoms with Crippen molar-refractivity contribution in [1.82, 2.24) is 25.0 Å². The van der Waals surface area contributed by atoms with Gasteiger partial charge in [-0.1, -0.05) is 16.8 Å². The Bertz CT molecular complexity index is 1420. The molecule has 2 aromatic heterocycles. The summed E-state index contributed by atoms with van der Waals surface area (Å²) in [5, 5.41) is 39.7. The third-order valence-corrected chi connectivity index (χ3v) is 9.60. The Labute approximate surface area is 251 Å². The fourth-order valence-corrected chi connectivity index (χ4v) is 7.35. The van der Waals surface area contributed by atoms with Gasteiger partial charge in [0, 0.05) is 37.9 Å². The van der Waals surface area contributed by atoms with E-state index in [0.29, 0.717) is 0 Å². The summed E-state index contributed by atoms with van der Waals surface area (Å²) in [7, 11) is 1.31. The summed E-state index contributed by atoms with van der Waals surface area (Å²) < 4.78 is 82.3. The first-order valence-corrected chi connectivity index (χ1v) is 14.5. The van der Waals surface area contributed by atoms with Crippen LogP contribution in [0.1, 0.15) is 42.7 Å². The number of hydrogen-bond acceptors (Lipinski definition) is 10. The second-order valence-corrected chi connectivity index (χ2v) is 12.0. The van der Waals surface area contributed by atoms with Crippen LogP contribution >= 0.6 is 23.4 Å². The summed E-state index contributed by atoms with van der Waals surface area (Å²) in [6.45, 7) is -0.659. The number of aliphatic hydroxyl groups is 3. The lowest BCUT2D eigenvalue weighted by Gasteiger charge is -2.47. The van der Waals surface area contributed by atoms with E-state index in [1.807, 2.05) is 0 Å². The van der Waals surface area contributed by atoms with Crippen LogP contribution in [0.5, 0.6) is 0 Å². The maximum Gasteiger partial charge on any atom is 0.248 e. The highest BCUT2D eigenvalue weighted by atomic mass is 35.5. The number of aromatic nitrogens is 5. The van der Waals surface area contributed by atoms with E-state index in [-0.39, 0.29) is 34.9 Å². The molecule has 3 heterocycles. The summed E-state index contributed by atoms with van der Waals surface area (Å²) in [5.41, 5.74) is -2.87. The van der Waals surface area contributed by atoms with Gasteiger partial charge in [-0.25, -0.2) is 31.6 Å². The predicted octanol–water partition coefficient (Wildman–Crippen LogP) is 3.85. The Balaban J connectivity index is 1.50. The van der Waals surface area contributed by atoms with Crippen molar-refractivity contribution >= 4 is 23.4 Å². The SMILES string of the molecule is CO[C@@H]1[C@@H](n2cc(-c3cc(F)c(F)c(F)c3)nn2)[C@@H](O)[C@@H](CO)O[C@H]1S[C@@H](c1nccnc1Cl)C1(O)CCC(F)(F)CC1. The largest absolute Gasteiger partial charge is 0.394 e. The van der Waals surface area contributed by atoms with E-state index in [1.54, 1.807) is 0 Å². The topological polar surface area (TPSA) is 136 Å². The van der Waals surface area contributed by atoms with E-state index in [1.165, 1.54) is 25.7 Å².